The van der Waals surface area contributed by atoms with Gasteiger partial charge in [-0.05, 0) is 35.1 Å². The molecular weight excluding hydrogens is 629 g/mol. The first-order valence-electron chi connectivity index (χ1n) is 16.0. The number of nitrogens with two attached hydrogens (primary N) is 1. The highest BCUT2D eigenvalue weighted by molar-refractivity contribution is 5.85. The van der Waals surface area contributed by atoms with Gasteiger partial charge in [-0.25, -0.2) is 9.78 Å². The quantitative estimate of drug-likeness (QED) is 0.206. The number of nitrogens with one attached hydrogen (secondary N) is 2. The standard InChI is InChI=1S/C33H35F3N8O4/c1-2-25(45)40-23-13-24(28(27(23)46)48-31(47)33(34,35)36)44-16-39-26-29(41-32(42-30(26)44)43-12-11-17(37)15-43)38-14-22-20-9-5-3-7-18(20)19-8-4-6-10-21(19)22/h3-10,16-17,22-24,27-28,46H,2,11-15,37H2,1H3,(H,40,45)(H,38,41,42)/t17-,23+,24-,27-,28+/m1/s1. The van der Waals surface area contributed by atoms with E-state index in [1.165, 1.54) is 22.0 Å². The lowest BCUT2D eigenvalue weighted by Gasteiger charge is -2.25. The third-order valence-electron chi connectivity index (χ3n) is 9.48. The number of hydrogen-bond acceptors (Lipinski definition) is 10. The number of esters is 1. The number of nitrogens with zero attached hydrogens (tertiary/aromatic N) is 5. The predicted octanol–water partition coefficient (Wildman–Crippen LogP) is 3.26. The van der Waals surface area contributed by atoms with Gasteiger partial charge >= 0.3 is 12.1 Å². The Kier molecular flexibility index (Phi) is 8.19. The van der Waals surface area contributed by atoms with Crippen molar-refractivity contribution in [2.24, 2.45) is 5.73 Å². The largest absolute Gasteiger partial charge is 0.490 e. The van der Waals surface area contributed by atoms with Crippen molar-refractivity contribution in [1.29, 1.82) is 0 Å². The average molecular weight is 665 g/mol. The second-order valence-electron chi connectivity index (χ2n) is 12.5. The summed E-state index contributed by atoms with van der Waals surface area (Å²) in [7, 11) is 0. The van der Waals surface area contributed by atoms with Gasteiger partial charge in [0.2, 0.25) is 11.9 Å². The third-order valence-corrected chi connectivity index (χ3v) is 9.48. The van der Waals surface area contributed by atoms with Gasteiger partial charge in [-0.15, -0.1) is 0 Å². The Morgan fingerprint density at radius 3 is 2.40 bits per heavy atom. The smallest absolute Gasteiger partial charge is 0.451 e. The summed E-state index contributed by atoms with van der Waals surface area (Å²) >= 11 is 0. The Bertz CT molecular complexity index is 1820. The summed E-state index contributed by atoms with van der Waals surface area (Å²) in [5, 5.41) is 17.2. The predicted molar refractivity (Wildman–Crippen MR) is 170 cm³/mol. The van der Waals surface area contributed by atoms with E-state index in [0.29, 0.717) is 36.9 Å². The van der Waals surface area contributed by atoms with Crippen LogP contribution in [0.4, 0.5) is 24.9 Å². The zero-order valence-electron chi connectivity index (χ0n) is 26.0. The third kappa shape index (κ3) is 5.70. The van der Waals surface area contributed by atoms with Crippen LogP contribution in [0, 0.1) is 0 Å². The fourth-order valence-electron chi connectivity index (χ4n) is 7.11. The molecule has 2 aromatic heterocycles. The molecule has 15 heteroatoms. The molecule has 2 fully saturated rings. The van der Waals surface area contributed by atoms with Crippen molar-refractivity contribution >= 4 is 34.8 Å². The summed E-state index contributed by atoms with van der Waals surface area (Å²) in [6.45, 7) is 3.17. The number of rotatable bonds is 8. The van der Waals surface area contributed by atoms with Crippen LogP contribution in [0.25, 0.3) is 22.3 Å². The molecular formula is C33H35F3N8O4. The molecule has 0 radical (unpaired) electrons. The maximum atomic E-state index is 13.3. The second kappa shape index (κ2) is 12.4. The maximum absolute atomic E-state index is 13.3. The van der Waals surface area contributed by atoms with Crippen molar-refractivity contribution in [3.05, 3.63) is 66.0 Å². The fourth-order valence-corrected chi connectivity index (χ4v) is 7.11. The highest BCUT2D eigenvalue weighted by Crippen LogP contribution is 2.45. The van der Waals surface area contributed by atoms with Crippen LogP contribution in [0.15, 0.2) is 54.9 Å². The SMILES string of the molecule is CCC(=O)N[C@H]1C[C@@H](n2cnc3c(NCC4c5ccccc5-c5ccccc54)nc(N4CC[C@@H](N)C4)nc32)[C@H](OC(=O)C(F)(F)F)[C@@H]1O. The molecule has 252 valence electrons. The highest BCUT2D eigenvalue weighted by atomic mass is 19.4. The molecule has 2 aromatic carbocycles. The number of imidazole rings is 1. The molecule has 4 aromatic rings. The molecule has 0 bridgehead atoms. The first kappa shape index (κ1) is 31.8. The molecule has 3 heterocycles. The summed E-state index contributed by atoms with van der Waals surface area (Å²) in [6, 6.07) is 14.3. The van der Waals surface area contributed by atoms with E-state index in [1.54, 1.807) is 6.92 Å². The Hall–Kier alpha value is -4.76. The summed E-state index contributed by atoms with van der Waals surface area (Å²) in [5.41, 5.74) is 11.5. The molecule has 48 heavy (non-hydrogen) atoms. The van der Waals surface area contributed by atoms with E-state index < -0.39 is 42.3 Å². The minimum atomic E-state index is -5.29. The van der Waals surface area contributed by atoms with Gasteiger partial charge in [0.15, 0.2) is 23.1 Å². The lowest BCUT2D eigenvalue weighted by atomic mass is 9.97. The van der Waals surface area contributed by atoms with Crippen LogP contribution >= 0.6 is 0 Å². The number of carbonyl (C=O) groups excluding carboxylic acids is 2. The molecule has 7 rings (SSSR count). The molecule has 2 aliphatic carbocycles. The van der Waals surface area contributed by atoms with E-state index in [2.05, 4.69) is 39.9 Å². The van der Waals surface area contributed by atoms with Gasteiger partial charge in [0.25, 0.3) is 0 Å². The van der Waals surface area contributed by atoms with Crippen molar-refractivity contribution in [2.75, 3.05) is 29.9 Å². The van der Waals surface area contributed by atoms with Crippen molar-refractivity contribution < 1.29 is 32.6 Å². The molecule has 12 nitrogen and oxygen atoms in total. The minimum absolute atomic E-state index is 0.00670. The average Bonchev–Trinajstić information content (AvgIpc) is 3.84. The minimum Gasteiger partial charge on any atom is -0.451 e. The zero-order chi connectivity index (χ0) is 33.7. The monoisotopic (exact) mass is 664 g/mol. The first-order chi connectivity index (χ1) is 23.0. The summed E-state index contributed by atoms with van der Waals surface area (Å²) in [5.74, 6) is -2.08. The van der Waals surface area contributed by atoms with Crippen molar-refractivity contribution in [3.63, 3.8) is 0 Å². The van der Waals surface area contributed by atoms with Crippen molar-refractivity contribution in [1.82, 2.24) is 24.8 Å². The summed E-state index contributed by atoms with van der Waals surface area (Å²) < 4.78 is 46.4. The number of alkyl halides is 3. The number of aliphatic hydroxyl groups excluding tert-OH is 1. The lowest BCUT2D eigenvalue weighted by Crippen LogP contribution is -2.45. The molecule has 5 N–H and O–H groups in total. The Balaban J connectivity index is 1.27. The number of aliphatic hydroxyl groups is 1. The van der Waals surface area contributed by atoms with Crippen LogP contribution in [-0.2, 0) is 14.3 Å². The number of anilines is 2. The molecule has 1 aliphatic heterocycles. The number of benzene rings is 2. The summed E-state index contributed by atoms with van der Waals surface area (Å²) in [6.07, 6.45) is -6.39. The Morgan fingerprint density at radius 1 is 1.08 bits per heavy atom. The molecule has 1 saturated carbocycles. The topological polar surface area (TPSA) is 161 Å². The van der Waals surface area contributed by atoms with Crippen LogP contribution in [0.2, 0.25) is 0 Å². The number of fused-ring (bicyclic) bond motifs is 4. The van der Waals surface area contributed by atoms with E-state index in [0.717, 1.165) is 17.5 Å². The van der Waals surface area contributed by atoms with Gasteiger partial charge < -0.3 is 35.7 Å². The zero-order valence-corrected chi connectivity index (χ0v) is 26.0. The molecule has 3 aliphatic rings. The van der Waals surface area contributed by atoms with Crippen LogP contribution in [0.3, 0.4) is 0 Å². The fraction of sp³-hybridized carbons (Fsp3) is 0.424. The number of amides is 1. The van der Waals surface area contributed by atoms with Gasteiger partial charge in [0, 0.05) is 38.0 Å². The van der Waals surface area contributed by atoms with E-state index in [1.807, 2.05) is 29.2 Å². The molecule has 1 saturated heterocycles. The number of aromatic nitrogens is 4. The van der Waals surface area contributed by atoms with Gasteiger partial charge in [0.1, 0.15) is 6.10 Å². The van der Waals surface area contributed by atoms with Crippen molar-refractivity contribution in [2.45, 2.75) is 68.6 Å². The van der Waals surface area contributed by atoms with Gasteiger partial charge in [-0.1, -0.05) is 55.5 Å². The number of ether oxygens (including phenoxy) is 1. The van der Waals surface area contributed by atoms with Gasteiger partial charge in [0.05, 0.1) is 18.4 Å². The normalized spacial score (nSPS) is 23.7. The molecule has 0 unspecified atom stereocenters. The highest BCUT2D eigenvalue weighted by Gasteiger charge is 2.51. The van der Waals surface area contributed by atoms with Gasteiger partial charge in [-0.2, -0.15) is 23.1 Å². The molecule has 0 spiro atoms. The van der Waals surface area contributed by atoms with Crippen molar-refractivity contribution in [3.8, 4) is 11.1 Å². The number of carbonyl (C=O) groups is 2. The maximum Gasteiger partial charge on any atom is 0.490 e. The summed E-state index contributed by atoms with van der Waals surface area (Å²) in [4.78, 5) is 40.4. The van der Waals surface area contributed by atoms with E-state index in [-0.39, 0.29) is 30.4 Å². The molecule has 1 amide bonds. The first-order valence-corrected chi connectivity index (χ1v) is 16.0. The number of hydrogen-bond donors (Lipinski definition) is 4. The van der Waals surface area contributed by atoms with Crippen LogP contribution in [0.5, 0.6) is 0 Å². The van der Waals surface area contributed by atoms with Crippen LogP contribution in [0.1, 0.15) is 49.3 Å². The van der Waals surface area contributed by atoms with Crippen LogP contribution in [-0.4, -0.2) is 86.6 Å². The van der Waals surface area contributed by atoms with E-state index in [9.17, 15) is 27.9 Å². The van der Waals surface area contributed by atoms with E-state index in [4.69, 9.17) is 20.4 Å². The van der Waals surface area contributed by atoms with E-state index >= 15 is 0 Å². The molecule has 5 atom stereocenters. The Morgan fingerprint density at radius 2 is 1.77 bits per heavy atom. The lowest BCUT2D eigenvalue weighted by molar-refractivity contribution is -0.209. The number of halogens is 3. The Labute approximate surface area is 273 Å². The van der Waals surface area contributed by atoms with Gasteiger partial charge in [-0.3, -0.25) is 4.79 Å². The second-order valence-corrected chi connectivity index (χ2v) is 12.5. The van der Waals surface area contributed by atoms with Crippen LogP contribution < -0.4 is 21.3 Å².